The molecule has 0 bridgehead atoms. The predicted octanol–water partition coefficient (Wildman–Crippen LogP) is 4.40. The molecule has 1 amide bonds. The maximum Gasteiger partial charge on any atom is 0.223 e. The monoisotopic (exact) mass is 502 g/mol. The predicted molar refractivity (Wildman–Crippen MR) is 147 cm³/mol. The van der Waals surface area contributed by atoms with Gasteiger partial charge in [-0.1, -0.05) is 27.7 Å². The number of nitrogens with zero attached hydrogens (tertiary/aromatic N) is 8. The van der Waals surface area contributed by atoms with Crippen molar-refractivity contribution in [2.75, 3.05) is 42.5 Å². The van der Waals surface area contributed by atoms with E-state index in [1.807, 2.05) is 9.47 Å². The highest BCUT2D eigenvalue weighted by Crippen LogP contribution is 2.37. The van der Waals surface area contributed by atoms with Crippen molar-refractivity contribution in [3.05, 3.63) is 36.4 Å². The number of amides is 1. The van der Waals surface area contributed by atoms with Crippen LogP contribution in [0.15, 0.2) is 30.9 Å². The zero-order valence-electron chi connectivity index (χ0n) is 22.9. The van der Waals surface area contributed by atoms with Crippen LogP contribution in [-0.2, 0) is 4.79 Å². The van der Waals surface area contributed by atoms with E-state index in [1.165, 1.54) is 0 Å². The summed E-state index contributed by atoms with van der Waals surface area (Å²) >= 11 is 0. The Labute approximate surface area is 219 Å². The first-order chi connectivity index (χ1) is 17.7. The zero-order chi connectivity index (χ0) is 26.7. The van der Waals surface area contributed by atoms with Crippen LogP contribution in [0.2, 0.25) is 0 Å². The molecule has 1 aliphatic heterocycles. The number of pyridine rings is 1. The molecule has 0 aliphatic carbocycles. The van der Waals surface area contributed by atoms with Crippen molar-refractivity contribution in [3.63, 3.8) is 0 Å². The van der Waals surface area contributed by atoms with Crippen LogP contribution in [0.4, 0.5) is 11.5 Å². The molecule has 0 radical (unpaired) electrons. The summed E-state index contributed by atoms with van der Waals surface area (Å²) in [7, 11) is 0. The molecule has 9 nitrogen and oxygen atoms in total. The smallest absolute Gasteiger partial charge is 0.223 e. The van der Waals surface area contributed by atoms with Gasteiger partial charge in [0.2, 0.25) is 5.91 Å². The molecule has 3 aromatic rings. The summed E-state index contributed by atoms with van der Waals surface area (Å²) < 4.78 is 1.96. The van der Waals surface area contributed by atoms with Crippen LogP contribution in [-0.4, -0.2) is 69.1 Å². The van der Waals surface area contributed by atoms with Crippen LogP contribution in [0.1, 0.15) is 59.9 Å². The van der Waals surface area contributed by atoms with Gasteiger partial charge >= 0.3 is 0 Å². The Hall–Kier alpha value is -3.67. The number of nitriles is 1. The number of carbonyl (C=O) groups is 1. The summed E-state index contributed by atoms with van der Waals surface area (Å²) in [6.45, 7) is 16.6. The van der Waals surface area contributed by atoms with Gasteiger partial charge in [0.25, 0.3) is 0 Å². The topological polar surface area (TPSA) is 94.2 Å². The third kappa shape index (κ3) is 5.53. The Kier molecular flexibility index (Phi) is 7.67. The third-order valence-electron chi connectivity index (χ3n) is 6.81. The van der Waals surface area contributed by atoms with E-state index in [1.54, 1.807) is 24.7 Å². The summed E-state index contributed by atoms with van der Waals surface area (Å²) in [4.78, 5) is 33.6. The molecule has 0 unspecified atom stereocenters. The summed E-state index contributed by atoms with van der Waals surface area (Å²) in [6, 6.07) is 5.79. The van der Waals surface area contributed by atoms with Crippen LogP contribution in [0.5, 0.6) is 0 Å². The van der Waals surface area contributed by atoms with E-state index < -0.39 is 0 Å². The second-order valence-corrected chi connectivity index (χ2v) is 11.0. The van der Waals surface area contributed by atoms with Crippen LogP contribution in [0.3, 0.4) is 0 Å². The average Bonchev–Trinajstić information content (AvgIpc) is 3.26. The fraction of sp³-hybridized carbons (Fsp3) is 0.536. The highest BCUT2D eigenvalue weighted by Gasteiger charge is 2.32. The lowest BCUT2D eigenvalue weighted by atomic mass is 9.91. The van der Waals surface area contributed by atoms with Crippen molar-refractivity contribution in [1.29, 1.82) is 5.26 Å². The summed E-state index contributed by atoms with van der Waals surface area (Å²) in [5, 5.41) is 10.4. The van der Waals surface area contributed by atoms with Crippen molar-refractivity contribution < 1.29 is 4.79 Å². The van der Waals surface area contributed by atoms with Crippen LogP contribution in [0, 0.1) is 16.7 Å². The van der Waals surface area contributed by atoms with Crippen molar-refractivity contribution in [2.45, 2.75) is 60.4 Å². The van der Waals surface area contributed by atoms with Gasteiger partial charge in [0.1, 0.15) is 18.0 Å². The van der Waals surface area contributed by atoms with Crippen molar-refractivity contribution >= 4 is 28.4 Å². The van der Waals surface area contributed by atoms with Gasteiger partial charge in [-0.2, -0.15) is 5.26 Å². The van der Waals surface area contributed by atoms with E-state index in [2.05, 4.69) is 73.6 Å². The van der Waals surface area contributed by atoms with Crippen LogP contribution < -0.4 is 9.80 Å². The molecule has 0 saturated carbocycles. The molecule has 0 N–H and O–H groups in total. The van der Waals surface area contributed by atoms with Crippen molar-refractivity contribution in [1.82, 2.24) is 24.4 Å². The van der Waals surface area contributed by atoms with Crippen LogP contribution in [0.25, 0.3) is 16.9 Å². The van der Waals surface area contributed by atoms with E-state index in [0.29, 0.717) is 37.4 Å². The number of fused-ring (bicyclic) bond motifs is 1. The van der Waals surface area contributed by atoms with Gasteiger partial charge in [0.15, 0.2) is 5.65 Å². The SMILES string of the molecule is CCCN(CC)c1cn(-c2cc(C#N)ccn2)c2ncnc(N3CCN(C(=O)CC(C)(C)C)C[C@@H]3C)c12. The van der Waals surface area contributed by atoms with Crippen LogP contribution >= 0.6 is 0 Å². The summed E-state index contributed by atoms with van der Waals surface area (Å²) in [6.07, 6.45) is 6.88. The fourth-order valence-corrected chi connectivity index (χ4v) is 5.06. The maximum absolute atomic E-state index is 12.9. The minimum absolute atomic E-state index is 0.0339. The van der Waals surface area contributed by atoms with Gasteiger partial charge < -0.3 is 14.7 Å². The van der Waals surface area contributed by atoms with E-state index in [9.17, 15) is 10.1 Å². The summed E-state index contributed by atoms with van der Waals surface area (Å²) in [5.74, 6) is 1.74. The molecule has 3 aromatic heterocycles. The second kappa shape index (κ2) is 10.8. The van der Waals surface area contributed by atoms with Gasteiger partial charge in [0, 0.05) is 57.6 Å². The molecule has 0 aromatic carbocycles. The van der Waals surface area contributed by atoms with E-state index >= 15 is 0 Å². The number of carbonyl (C=O) groups excluding carboxylic acids is 1. The Bertz CT molecular complexity index is 1300. The molecule has 196 valence electrons. The van der Waals surface area contributed by atoms with Gasteiger partial charge in [-0.15, -0.1) is 0 Å². The average molecular weight is 503 g/mol. The minimum atomic E-state index is -0.0339. The molecular weight excluding hydrogens is 464 g/mol. The van der Waals surface area contributed by atoms with E-state index in [-0.39, 0.29) is 17.4 Å². The lowest BCUT2D eigenvalue weighted by Crippen LogP contribution is -2.54. The Balaban J connectivity index is 1.78. The zero-order valence-corrected chi connectivity index (χ0v) is 22.9. The molecule has 0 spiro atoms. The second-order valence-electron chi connectivity index (χ2n) is 11.0. The quantitative estimate of drug-likeness (QED) is 0.473. The number of aromatic nitrogens is 4. The lowest BCUT2D eigenvalue weighted by molar-refractivity contribution is -0.133. The normalized spacial score (nSPS) is 16.2. The van der Waals surface area contributed by atoms with Gasteiger partial charge in [-0.05, 0) is 37.8 Å². The first kappa shape index (κ1) is 26.4. The fourth-order valence-electron chi connectivity index (χ4n) is 5.06. The molecule has 1 atom stereocenters. The molecule has 1 saturated heterocycles. The number of hydrogen-bond acceptors (Lipinski definition) is 7. The minimum Gasteiger partial charge on any atom is -0.370 e. The number of hydrogen-bond donors (Lipinski definition) is 0. The Morgan fingerprint density at radius 2 is 2.00 bits per heavy atom. The molecule has 1 aliphatic rings. The number of piperazine rings is 1. The standard InChI is InChI=1S/C28H38N8O/c1-7-11-33(8-2)22-18-36(23-14-21(16-29)9-10-30-23)27-25(22)26(31-19-32-27)35-13-12-34(17-20(35)3)24(37)15-28(4,5)6/h9-10,14,18-20H,7-8,11-13,15,17H2,1-6H3/t20-/m0/s1. The van der Waals surface area contributed by atoms with Gasteiger partial charge in [-0.3, -0.25) is 9.36 Å². The lowest BCUT2D eigenvalue weighted by Gasteiger charge is -2.41. The van der Waals surface area contributed by atoms with E-state index in [4.69, 9.17) is 4.98 Å². The van der Waals surface area contributed by atoms with Crippen molar-refractivity contribution in [3.8, 4) is 11.9 Å². The maximum atomic E-state index is 12.9. The van der Waals surface area contributed by atoms with Crippen molar-refractivity contribution in [2.24, 2.45) is 5.41 Å². The molecular formula is C28H38N8O. The van der Waals surface area contributed by atoms with Gasteiger partial charge in [-0.25, -0.2) is 15.0 Å². The Morgan fingerprint density at radius 3 is 2.65 bits per heavy atom. The molecule has 1 fully saturated rings. The molecule has 37 heavy (non-hydrogen) atoms. The molecule has 9 heteroatoms. The Morgan fingerprint density at radius 1 is 1.22 bits per heavy atom. The highest BCUT2D eigenvalue weighted by molar-refractivity contribution is 6.00. The summed E-state index contributed by atoms with van der Waals surface area (Å²) in [5.41, 5.74) is 2.33. The number of rotatable bonds is 7. The largest absolute Gasteiger partial charge is 0.370 e. The first-order valence-electron chi connectivity index (χ1n) is 13.2. The van der Waals surface area contributed by atoms with E-state index in [0.717, 1.165) is 42.0 Å². The first-order valence-corrected chi connectivity index (χ1v) is 13.2. The van der Waals surface area contributed by atoms with Gasteiger partial charge in [0.05, 0.1) is 22.7 Å². The molecule has 4 rings (SSSR count). The third-order valence-corrected chi connectivity index (χ3v) is 6.81. The highest BCUT2D eigenvalue weighted by atomic mass is 16.2. The number of anilines is 2. The molecule has 4 heterocycles.